The van der Waals surface area contributed by atoms with Crippen molar-refractivity contribution >= 4 is 15.7 Å². The van der Waals surface area contributed by atoms with E-state index >= 15 is 0 Å². The van der Waals surface area contributed by atoms with Gasteiger partial charge in [0.25, 0.3) is 5.91 Å². The van der Waals surface area contributed by atoms with Gasteiger partial charge >= 0.3 is 0 Å². The average molecular weight is 345 g/mol. The summed E-state index contributed by atoms with van der Waals surface area (Å²) < 4.78 is 28.6. The molecule has 1 heterocycles. The Bertz CT molecular complexity index is 818. The maximum atomic E-state index is 12.3. The number of amides is 1. The topological polar surface area (TPSA) is 72.5 Å². The lowest BCUT2D eigenvalue weighted by Gasteiger charge is -2.12. The molecule has 0 aromatic heterocycles. The summed E-state index contributed by atoms with van der Waals surface area (Å²) in [5, 5.41) is 2.78. The molecule has 0 radical (unpaired) electrons. The van der Waals surface area contributed by atoms with Gasteiger partial charge in [0, 0.05) is 11.6 Å². The van der Waals surface area contributed by atoms with Gasteiger partial charge in [-0.25, -0.2) is 8.42 Å². The van der Waals surface area contributed by atoms with Crippen LogP contribution in [0.4, 0.5) is 0 Å². The molecule has 1 saturated heterocycles. The van der Waals surface area contributed by atoms with Crippen molar-refractivity contribution in [2.24, 2.45) is 0 Å². The second kappa shape index (κ2) is 7.05. The lowest BCUT2D eigenvalue weighted by Crippen LogP contribution is -2.35. The van der Waals surface area contributed by atoms with Crippen molar-refractivity contribution in [3.05, 3.63) is 65.7 Å². The quantitative estimate of drug-likeness (QED) is 0.901. The van der Waals surface area contributed by atoms with E-state index in [9.17, 15) is 13.2 Å². The van der Waals surface area contributed by atoms with E-state index in [0.717, 1.165) is 5.56 Å². The van der Waals surface area contributed by atoms with Gasteiger partial charge in [-0.05, 0) is 30.2 Å². The maximum Gasteiger partial charge on any atom is 0.251 e. The van der Waals surface area contributed by atoms with Crippen LogP contribution in [0.25, 0.3) is 0 Å². The zero-order valence-corrected chi connectivity index (χ0v) is 14.0. The second-order valence-corrected chi connectivity index (χ2v) is 8.10. The molecule has 126 valence electrons. The van der Waals surface area contributed by atoms with Gasteiger partial charge in [0.2, 0.25) is 0 Å². The summed E-state index contributed by atoms with van der Waals surface area (Å²) in [7, 11) is -3.01. The summed E-state index contributed by atoms with van der Waals surface area (Å²) in [4.78, 5) is 12.3. The molecule has 0 aliphatic carbocycles. The summed E-state index contributed by atoms with van der Waals surface area (Å²) >= 11 is 0. The van der Waals surface area contributed by atoms with Crippen LogP contribution in [0.5, 0.6) is 5.75 Å². The molecule has 1 amide bonds. The number of nitrogens with one attached hydrogen (secondary N) is 1. The Morgan fingerprint density at radius 2 is 1.92 bits per heavy atom. The average Bonchev–Trinajstić information content (AvgIpc) is 2.93. The molecule has 3 rings (SSSR count). The lowest BCUT2D eigenvalue weighted by molar-refractivity contribution is 0.0940. The molecule has 0 bridgehead atoms. The second-order valence-electron chi connectivity index (χ2n) is 5.88. The molecule has 6 heteroatoms. The van der Waals surface area contributed by atoms with Gasteiger partial charge in [0.15, 0.2) is 9.84 Å². The van der Waals surface area contributed by atoms with Gasteiger partial charge < -0.3 is 10.1 Å². The molecule has 1 N–H and O–H groups in total. The third kappa shape index (κ3) is 4.35. The first-order valence-corrected chi connectivity index (χ1v) is 9.62. The number of benzene rings is 2. The van der Waals surface area contributed by atoms with Crippen LogP contribution in [-0.4, -0.2) is 31.9 Å². The maximum absolute atomic E-state index is 12.3. The minimum atomic E-state index is -3.01. The van der Waals surface area contributed by atoms with Crippen molar-refractivity contribution in [3.8, 4) is 5.75 Å². The van der Waals surface area contributed by atoms with Gasteiger partial charge in [0.1, 0.15) is 12.4 Å². The molecule has 0 saturated carbocycles. The molecule has 1 atom stereocenters. The molecule has 1 aliphatic rings. The number of rotatable bonds is 5. The van der Waals surface area contributed by atoms with E-state index < -0.39 is 9.84 Å². The summed E-state index contributed by atoms with van der Waals surface area (Å²) in [6.07, 6.45) is 0.471. The number of carbonyl (C=O) groups is 1. The first kappa shape index (κ1) is 16.5. The van der Waals surface area contributed by atoms with Gasteiger partial charge in [0.05, 0.1) is 11.5 Å². The third-order valence-corrected chi connectivity index (χ3v) is 5.68. The minimum absolute atomic E-state index is 0.0168. The van der Waals surface area contributed by atoms with Crippen LogP contribution in [0.15, 0.2) is 54.6 Å². The first-order valence-electron chi connectivity index (χ1n) is 7.80. The minimum Gasteiger partial charge on any atom is -0.489 e. The lowest BCUT2D eigenvalue weighted by atomic mass is 10.1. The Morgan fingerprint density at radius 1 is 1.12 bits per heavy atom. The van der Waals surface area contributed by atoms with E-state index in [1.54, 1.807) is 24.3 Å². The Hall–Kier alpha value is -2.34. The fourth-order valence-corrected chi connectivity index (χ4v) is 4.32. The Labute approximate surface area is 141 Å². The highest BCUT2D eigenvalue weighted by molar-refractivity contribution is 7.91. The van der Waals surface area contributed by atoms with E-state index in [-0.39, 0.29) is 23.5 Å². The molecule has 2 aromatic rings. The highest BCUT2D eigenvalue weighted by Crippen LogP contribution is 2.17. The Kier molecular flexibility index (Phi) is 4.85. The summed E-state index contributed by atoms with van der Waals surface area (Å²) in [6, 6.07) is 16.4. The number of sulfone groups is 1. The number of carbonyl (C=O) groups excluding carboxylic acids is 1. The normalized spacial score (nSPS) is 18.9. The van der Waals surface area contributed by atoms with E-state index in [1.807, 2.05) is 30.3 Å². The summed E-state index contributed by atoms with van der Waals surface area (Å²) in [5.74, 6) is 0.481. The standard InChI is InChI=1S/C18H19NO4S/c20-18(19-16-9-10-24(21,22)13-16)15-7-4-8-17(11-15)23-12-14-5-2-1-3-6-14/h1-8,11,16H,9-10,12-13H2,(H,19,20)/t16-/m1/s1. The largest absolute Gasteiger partial charge is 0.489 e. The SMILES string of the molecule is O=C(N[C@@H]1CCS(=O)(=O)C1)c1cccc(OCc2ccccc2)c1. The first-order chi connectivity index (χ1) is 11.5. The molecular weight excluding hydrogens is 326 g/mol. The van der Waals surface area contributed by atoms with E-state index in [0.29, 0.717) is 24.3 Å². The van der Waals surface area contributed by atoms with E-state index in [1.165, 1.54) is 0 Å². The molecule has 0 unspecified atom stereocenters. The fraction of sp³-hybridized carbons (Fsp3) is 0.278. The summed E-state index contributed by atoms with van der Waals surface area (Å²) in [6.45, 7) is 0.423. The van der Waals surface area contributed by atoms with Crippen LogP contribution in [-0.2, 0) is 16.4 Å². The van der Waals surface area contributed by atoms with Crippen LogP contribution in [0, 0.1) is 0 Å². The fourth-order valence-electron chi connectivity index (χ4n) is 2.65. The number of hydrogen-bond donors (Lipinski definition) is 1. The van der Waals surface area contributed by atoms with Gasteiger partial charge in [-0.2, -0.15) is 0 Å². The summed E-state index contributed by atoms with van der Waals surface area (Å²) in [5.41, 5.74) is 1.51. The van der Waals surface area contributed by atoms with Crippen molar-refractivity contribution in [3.63, 3.8) is 0 Å². The molecule has 2 aromatic carbocycles. The molecule has 5 nitrogen and oxygen atoms in total. The Morgan fingerprint density at radius 3 is 2.62 bits per heavy atom. The van der Waals surface area contributed by atoms with Gasteiger partial charge in [-0.3, -0.25) is 4.79 Å². The Balaban J connectivity index is 1.61. The van der Waals surface area contributed by atoms with E-state index in [4.69, 9.17) is 4.74 Å². The van der Waals surface area contributed by atoms with Crippen molar-refractivity contribution < 1.29 is 17.9 Å². The van der Waals surface area contributed by atoms with Crippen molar-refractivity contribution in [1.82, 2.24) is 5.32 Å². The predicted octanol–water partition coefficient (Wildman–Crippen LogP) is 2.18. The number of hydrogen-bond acceptors (Lipinski definition) is 4. The zero-order valence-electron chi connectivity index (χ0n) is 13.1. The van der Waals surface area contributed by atoms with Crippen LogP contribution >= 0.6 is 0 Å². The van der Waals surface area contributed by atoms with Crippen LogP contribution in [0.3, 0.4) is 0 Å². The molecular formula is C18H19NO4S. The van der Waals surface area contributed by atoms with Crippen LogP contribution in [0.1, 0.15) is 22.3 Å². The highest BCUT2D eigenvalue weighted by Gasteiger charge is 2.29. The zero-order chi connectivity index (χ0) is 17.0. The monoisotopic (exact) mass is 345 g/mol. The van der Waals surface area contributed by atoms with Crippen LogP contribution < -0.4 is 10.1 Å². The van der Waals surface area contributed by atoms with Crippen molar-refractivity contribution in [2.45, 2.75) is 19.1 Å². The molecule has 24 heavy (non-hydrogen) atoms. The molecule has 0 spiro atoms. The van der Waals surface area contributed by atoms with Gasteiger partial charge in [-0.15, -0.1) is 0 Å². The highest BCUT2D eigenvalue weighted by atomic mass is 32.2. The van der Waals surface area contributed by atoms with Crippen LogP contribution in [0.2, 0.25) is 0 Å². The molecule has 1 aliphatic heterocycles. The smallest absolute Gasteiger partial charge is 0.251 e. The van der Waals surface area contributed by atoms with Crippen molar-refractivity contribution in [1.29, 1.82) is 0 Å². The van der Waals surface area contributed by atoms with E-state index in [2.05, 4.69) is 5.32 Å². The predicted molar refractivity (Wildman–Crippen MR) is 91.7 cm³/mol. The van der Waals surface area contributed by atoms with Gasteiger partial charge in [-0.1, -0.05) is 36.4 Å². The third-order valence-electron chi connectivity index (χ3n) is 3.91. The number of ether oxygens (including phenoxy) is 1. The molecule has 1 fully saturated rings. The van der Waals surface area contributed by atoms with Crippen molar-refractivity contribution in [2.75, 3.05) is 11.5 Å².